The highest BCUT2D eigenvalue weighted by Crippen LogP contribution is 2.13. The Morgan fingerprint density at radius 1 is 1.18 bits per heavy atom. The Morgan fingerprint density at radius 3 is 2.47 bits per heavy atom. The van der Waals surface area contributed by atoms with Crippen LogP contribution in [0.1, 0.15) is 32.8 Å². The maximum atomic E-state index is 5.65. The minimum absolute atomic E-state index is 0.677. The highest BCUT2D eigenvalue weighted by atomic mass is 16.6. The summed E-state index contributed by atoms with van der Waals surface area (Å²) in [7, 11) is 0. The van der Waals surface area contributed by atoms with Crippen LogP contribution in [0.5, 0.6) is 5.75 Å². The molecule has 1 aromatic rings. The molecular weight excluding hydrogens is 214 g/mol. The predicted octanol–water partition coefficient (Wildman–Crippen LogP) is 3.15. The van der Waals surface area contributed by atoms with Crippen molar-refractivity contribution in [2.45, 2.75) is 33.7 Å². The molecule has 3 nitrogen and oxygen atoms in total. The summed E-state index contributed by atoms with van der Waals surface area (Å²) < 4.78 is 5.65. The van der Waals surface area contributed by atoms with Crippen LogP contribution in [0.3, 0.4) is 0 Å². The van der Waals surface area contributed by atoms with Crippen molar-refractivity contribution in [3.8, 4) is 5.75 Å². The van der Waals surface area contributed by atoms with E-state index in [4.69, 9.17) is 9.57 Å². The lowest BCUT2D eigenvalue weighted by Gasteiger charge is -2.09. The highest BCUT2D eigenvalue weighted by Gasteiger charge is 1.97. The second-order valence-electron chi connectivity index (χ2n) is 4.43. The van der Waals surface area contributed by atoms with Gasteiger partial charge in [0.25, 0.3) is 0 Å². The second-order valence-corrected chi connectivity index (χ2v) is 4.43. The Labute approximate surface area is 104 Å². The topological polar surface area (TPSA) is 30.5 Å². The van der Waals surface area contributed by atoms with Gasteiger partial charge in [0.1, 0.15) is 5.75 Å². The molecular formula is C14H23NO2. The molecule has 0 unspecified atom stereocenters. The molecule has 0 radical (unpaired) electrons. The smallest absolute Gasteiger partial charge is 0.119 e. The molecule has 0 aliphatic heterocycles. The molecule has 0 saturated heterocycles. The van der Waals surface area contributed by atoms with Gasteiger partial charge in [0, 0.05) is 6.54 Å². The average molecular weight is 237 g/mol. The van der Waals surface area contributed by atoms with Gasteiger partial charge in [-0.25, -0.2) is 0 Å². The van der Waals surface area contributed by atoms with Crippen LogP contribution in [0.25, 0.3) is 0 Å². The van der Waals surface area contributed by atoms with Crippen LogP contribution >= 0.6 is 0 Å². The number of hydroxylamine groups is 1. The lowest BCUT2D eigenvalue weighted by Crippen LogP contribution is -2.13. The van der Waals surface area contributed by atoms with Crippen molar-refractivity contribution in [1.82, 2.24) is 5.48 Å². The van der Waals surface area contributed by atoms with Gasteiger partial charge in [0.15, 0.2) is 0 Å². The van der Waals surface area contributed by atoms with E-state index in [1.807, 2.05) is 19.1 Å². The first-order valence-corrected chi connectivity index (χ1v) is 6.28. The van der Waals surface area contributed by atoms with Crippen LogP contribution < -0.4 is 10.2 Å². The van der Waals surface area contributed by atoms with E-state index in [9.17, 15) is 0 Å². The number of nitrogens with one attached hydrogen (secondary N) is 1. The van der Waals surface area contributed by atoms with E-state index in [2.05, 4.69) is 31.5 Å². The third kappa shape index (κ3) is 6.29. The van der Waals surface area contributed by atoms with Crippen molar-refractivity contribution in [3.63, 3.8) is 0 Å². The third-order valence-electron chi connectivity index (χ3n) is 2.41. The number of hydrogen-bond donors (Lipinski definition) is 1. The van der Waals surface area contributed by atoms with E-state index in [-0.39, 0.29) is 0 Å². The molecule has 3 heteroatoms. The molecule has 0 fully saturated rings. The molecule has 0 heterocycles. The summed E-state index contributed by atoms with van der Waals surface area (Å²) in [6.45, 7) is 8.54. The molecule has 0 aromatic heterocycles. The predicted molar refractivity (Wildman–Crippen MR) is 69.9 cm³/mol. The van der Waals surface area contributed by atoms with Gasteiger partial charge in [-0.15, -0.1) is 0 Å². The zero-order valence-electron chi connectivity index (χ0n) is 11.0. The lowest BCUT2D eigenvalue weighted by molar-refractivity contribution is 0.0463. The number of benzene rings is 1. The summed E-state index contributed by atoms with van der Waals surface area (Å²) in [5, 5.41) is 0. The third-order valence-corrected chi connectivity index (χ3v) is 2.41. The fourth-order valence-electron chi connectivity index (χ4n) is 1.35. The Balaban J connectivity index is 2.29. The molecule has 0 aliphatic rings. The Hall–Kier alpha value is -1.06. The maximum absolute atomic E-state index is 5.65. The first kappa shape index (κ1) is 14.0. The molecule has 17 heavy (non-hydrogen) atoms. The SMILES string of the molecule is CCONCc1ccc(OCCC(C)C)cc1. The van der Waals surface area contributed by atoms with E-state index < -0.39 is 0 Å². The van der Waals surface area contributed by atoms with Gasteiger partial charge in [-0.2, -0.15) is 5.48 Å². The maximum Gasteiger partial charge on any atom is 0.119 e. The van der Waals surface area contributed by atoms with Crippen LogP contribution in [-0.4, -0.2) is 13.2 Å². The van der Waals surface area contributed by atoms with Crippen molar-refractivity contribution in [1.29, 1.82) is 0 Å². The normalized spacial score (nSPS) is 10.8. The summed E-state index contributed by atoms with van der Waals surface area (Å²) in [4.78, 5) is 5.08. The fourth-order valence-corrected chi connectivity index (χ4v) is 1.35. The van der Waals surface area contributed by atoms with E-state index in [0.29, 0.717) is 12.5 Å². The lowest BCUT2D eigenvalue weighted by atomic mass is 10.1. The average Bonchev–Trinajstić information content (AvgIpc) is 2.31. The quantitative estimate of drug-likeness (QED) is 0.556. The number of ether oxygens (including phenoxy) is 1. The summed E-state index contributed by atoms with van der Waals surface area (Å²) in [6, 6.07) is 8.11. The summed E-state index contributed by atoms with van der Waals surface area (Å²) >= 11 is 0. The molecule has 1 aromatic carbocycles. The largest absolute Gasteiger partial charge is 0.494 e. The Morgan fingerprint density at radius 2 is 1.88 bits per heavy atom. The van der Waals surface area contributed by atoms with E-state index in [1.165, 1.54) is 5.56 Å². The van der Waals surface area contributed by atoms with Crippen LogP contribution in [-0.2, 0) is 11.4 Å². The van der Waals surface area contributed by atoms with Gasteiger partial charge >= 0.3 is 0 Å². The minimum Gasteiger partial charge on any atom is -0.494 e. The van der Waals surface area contributed by atoms with Gasteiger partial charge < -0.3 is 9.57 Å². The van der Waals surface area contributed by atoms with E-state index in [0.717, 1.165) is 25.3 Å². The molecule has 1 rings (SSSR count). The van der Waals surface area contributed by atoms with Crippen molar-refractivity contribution in [2.75, 3.05) is 13.2 Å². The second kappa shape index (κ2) is 8.09. The zero-order chi connectivity index (χ0) is 12.5. The molecule has 0 atom stereocenters. The summed E-state index contributed by atoms with van der Waals surface area (Å²) in [5.41, 5.74) is 4.08. The molecule has 0 saturated carbocycles. The Kier molecular flexibility index (Phi) is 6.67. The van der Waals surface area contributed by atoms with Crippen molar-refractivity contribution in [3.05, 3.63) is 29.8 Å². The van der Waals surface area contributed by atoms with Crippen molar-refractivity contribution >= 4 is 0 Å². The molecule has 1 N–H and O–H groups in total. The minimum atomic E-state index is 0.677. The van der Waals surface area contributed by atoms with Gasteiger partial charge in [-0.1, -0.05) is 26.0 Å². The standard InChI is InChI=1S/C14H23NO2/c1-4-17-15-11-13-5-7-14(8-6-13)16-10-9-12(2)3/h5-8,12,15H,4,9-11H2,1-3H3. The van der Waals surface area contributed by atoms with Crippen LogP contribution in [0.4, 0.5) is 0 Å². The number of hydrogen-bond acceptors (Lipinski definition) is 3. The summed E-state index contributed by atoms with van der Waals surface area (Å²) in [6.07, 6.45) is 1.09. The molecule has 0 spiro atoms. The first-order valence-electron chi connectivity index (χ1n) is 6.28. The van der Waals surface area contributed by atoms with Crippen LogP contribution in [0.15, 0.2) is 24.3 Å². The fraction of sp³-hybridized carbons (Fsp3) is 0.571. The monoisotopic (exact) mass is 237 g/mol. The molecule has 0 bridgehead atoms. The first-order chi connectivity index (χ1) is 8.22. The number of rotatable bonds is 8. The van der Waals surface area contributed by atoms with Gasteiger partial charge in [0.2, 0.25) is 0 Å². The van der Waals surface area contributed by atoms with Gasteiger partial charge in [0.05, 0.1) is 13.2 Å². The molecule has 0 amide bonds. The van der Waals surface area contributed by atoms with Crippen LogP contribution in [0, 0.1) is 5.92 Å². The van der Waals surface area contributed by atoms with Crippen molar-refractivity contribution in [2.24, 2.45) is 5.92 Å². The van der Waals surface area contributed by atoms with Crippen LogP contribution in [0.2, 0.25) is 0 Å². The van der Waals surface area contributed by atoms with E-state index in [1.54, 1.807) is 0 Å². The molecule has 0 aliphatic carbocycles. The van der Waals surface area contributed by atoms with Crippen molar-refractivity contribution < 1.29 is 9.57 Å². The van der Waals surface area contributed by atoms with Gasteiger partial charge in [-0.05, 0) is 37.0 Å². The molecule has 96 valence electrons. The highest BCUT2D eigenvalue weighted by molar-refractivity contribution is 5.27. The Bertz CT molecular complexity index is 296. The zero-order valence-corrected chi connectivity index (χ0v) is 11.0. The van der Waals surface area contributed by atoms with Gasteiger partial charge in [-0.3, -0.25) is 0 Å². The summed E-state index contributed by atoms with van der Waals surface area (Å²) in [5.74, 6) is 1.62. The van der Waals surface area contributed by atoms with E-state index >= 15 is 0 Å².